The molecule has 1 aromatic rings. The number of benzene rings is 1. The van der Waals surface area contributed by atoms with Crippen LogP contribution in [0.3, 0.4) is 0 Å². The zero-order chi connectivity index (χ0) is 7.56. The molecular formula is C7H9Cl2NO. The van der Waals surface area contributed by atoms with Crippen molar-refractivity contribution in [3.8, 4) is 5.75 Å². The molecule has 0 heterocycles. The van der Waals surface area contributed by atoms with Gasteiger partial charge in [-0.05, 0) is 18.2 Å². The van der Waals surface area contributed by atoms with Crippen LogP contribution >= 0.6 is 24.0 Å². The van der Waals surface area contributed by atoms with E-state index in [0.717, 1.165) is 0 Å². The molecule has 0 spiro atoms. The third kappa shape index (κ3) is 2.48. The molecule has 0 bridgehead atoms. The second-order valence-corrected chi connectivity index (χ2v) is 2.32. The summed E-state index contributed by atoms with van der Waals surface area (Å²) >= 11 is 5.64. The largest absolute Gasteiger partial charge is 0.495 e. The van der Waals surface area contributed by atoms with E-state index in [4.69, 9.17) is 22.1 Å². The van der Waals surface area contributed by atoms with Gasteiger partial charge in [0.15, 0.2) is 0 Å². The predicted octanol–water partition coefficient (Wildman–Crippen LogP) is 2.35. The molecule has 0 radical (unpaired) electrons. The second kappa shape index (κ2) is 4.31. The standard InChI is InChI=1S/C7H8ClNO.ClH/c1-10-7-3-2-5(8)4-6(7)9;/h2-4H,9H2,1H3;1H. The Morgan fingerprint density at radius 1 is 1.45 bits per heavy atom. The zero-order valence-corrected chi connectivity index (χ0v) is 7.58. The molecule has 2 nitrogen and oxygen atoms in total. The lowest BCUT2D eigenvalue weighted by atomic mass is 10.3. The van der Waals surface area contributed by atoms with Crippen LogP contribution in [-0.2, 0) is 0 Å². The summed E-state index contributed by atoms with van der Waals surface area (Å²) in [6.45, 7) is 0. The molecule has 0 atom stereocenters. The molecule has 0 saturated heterocycles. The molecular weight excluding hydrogens is 185 g/mol. The van der Waals surface area contributed by atoms with Crippen LogP contribution in [0.25, 0.3) is 0 Å². The molecule has 2 N–H and O–H groups in total. The Labute approximate surface area is 76.7 Å². The Balaban J connectivity index is 0.000001000. The highest BCUT2D eigenvalue weighted by atomic mass is 35.5. The van der Waals surface area contributed by atoms with Crippen LogP contribution in [0.4, 0.5) is 5.69 Å². The molecule has 0 saturated carbocycles. The zero-order valence-electron chi connectivity index (χ0n) is 6.00. The average molecular weight is 194 g/mol. The van der Waals surface area contributed by atoms with Crippen molar-refractivity contribution in [3.05, 3.63) is 23.2 Å². The van der Waals surface area contributed by atoms with Gasteiger partial charge in [0.05, 0.1) is 12.8 Å². The smallest absolute Gasteiger partial charge is 0.141 e. The monoisotopic (exact) mass is 193 g/mol. The van der Waals surface area contributed by atoms with Gasteiger partial charge in [0.1, 0.15) is 5.75 Å². The van der Waals surface area contributed by atoms with E-state index in [0.29, 0.717) is 16.5 Å². The Morgan fingerprint density at radius 3 is 2.55 bits per heavy atom. The van der Waals surface area contributed by atoms with Crippen molar-refractivity contribution >= 4 is 29.7 Å². The second-order valence-electron chi connectivity index (χ2n) is 1.89. The Kier molecular flexibility index (Phi) is 4.08. The molecule has 11 heavy (non-hydrogen) atoms. The minimum atomic E-state index is 0. The van der Waals surface area contributed by atoms with Crippen molar-refractivity contribution < 1.29 is 4.74 Å². The van der Waals surface area contributed by atoms with E-state index in [1.54, 1.807) is 25.3 Å². The highest BCUT2D eigenvalue weighted by Crippen LogP contribution is 2.23. The maximum atomic E-state index is 5.64. The van der Waals surface area contributed by atoms with Crippen molar-refractivity contribution in [2.75, 3.05) is 12.8 Å². The summed E-state index contributed by atoms with van der Waals surface area (Å²) in [7, 11) is 1.57. The van der Waals surface area contributed by atoms with Crippen molar-refractivity contribution in [3.63, 3.8) is 0 Å². The van der Waals surface area contributed by atoms with Gasteiger partial charge in [-0.25, -0.2) is 0 Å². The number of nitrogen functional groups attached to an aromatic ring is 1. The number of hydrogen-bond acceptors (Lipinski definition) is 2. The molecule has 4 heteroatoms. The Bertz CT molecular complexity index is 240. The Morgan fingerprint density at radius 2 is 2.09 bits per heavy atom. The third-order valence-corrected chi connectivity index (χ3v) is 1.43. The number of rotatable bonds is 1. The fourth-order valence-electron chi connectivity index (χ4n) is 0.705. The van der Waals surface area contributed by atoms with E-state index in [2.05, 4.69) is 0 Å². The number of methoxy groups -OCH3 is 1. The average Bonchev–Trinajstić information content (AvgIpc) is 1.88. The normalized spacial score (nSPS) is 8.55. The van der Waals surface area contributed by atoms with Gasteiger partial charge in [-0.2, -0.15) is 0 Å². The fraction of sp³-hybridized carbons (Fsp3) is 0.143. The SMILES string of the molecule is COc1ccc(Cl)cc1N.Cl. The van der Waals surface area contributed by atoms with Crippen LogP contribution in [0, 0.1) is 0 Å². The summed E-state index contributed by atoms with van der Waals surface area (Å²) in [5, 5.41) is 0.623. The van der Waals surface area contributed by atoms with Gasteiger partial charge in [0.2, 0.25) is 0 Å². The topological polar surface area (TPSA) is 35.2 Å². The van der Waals surface area contributed by atoms with Gasteiger partial charge < -0.3 is 10.5 Å². The summed E-state index contributed by atoms with van der Waals surface area (Å²) in [5.41, 5.74) is 6.09. The van der Waals surface area contributed by atoms with Crippen LogP contribution in [0.5, 0.6) is 5.75 Å². The minimum absolute atomic E-state index is 0. The molecule has 62 valence electrons. The van der Waals surface area contributed by atoms with Crippen molar-refractivity contribution in [2.24, 2.45) is 0 Å². The first-order valence-corrected chi connectivity index (χ1v) is 3.21. The number of nitrogens with two attached hydrogens (primary N) is 1. The fourth-order valence-corrected chi connectivity index (χ4v) is 0.886. The van der Waals surface area contributed by atoms with Crippen LogP contribution in [0.1, 0.15) is 0 Å². The molecule has 0 aliphatic heterocycles. The first-order chi connectivity index (χ1) is 4.74. The maximum absolute atomic E-state index is 5.64. The number of anilines is 1. The molecule has 0 aliphatic rings. The lowest BCUT2D eigenvalue weighted by Gasteiger charge is -2.02. The van der Waals surface area contributed by atoms with E-state index >= 15 is 0 Å². The van der Waals surface area contributed by atoms with Gasteiger partial charge in [0, 0.05) is 5.02 Å². The number of hydrogen-bond donors (Lipinski definition) is 1. The first kappa shape index (κ1) is 10.4. The number of ether oxygens (including phenoxy) is 1. The van der Waals surface area contributed by atoms with E-state index < -0.39 is 0 Å². The minimum Gasteiger partial charge on any atom is -0.495 e. The highest BCUT2D eigenvalue weighted by Gasteiger charge is 1.96. The summed E-state index contributed by atoms with van der Waals surface area (Å²) in [5.74, 6) is 0.657. The van der Waals surface area contributed by atoms with Crippen LogP contribution < -0.4 is 10.5 Å². The maximum Gasteiger partial charge on any atom is 0.141 e. The molecule has 0 fully saturated rings. The van der Waals surface area contributed by atoms with E-state index in [9.17, 15) is 0 Å². The predicted molar refractivity (Wildman–Crippen MR) is 49.7 cm³/mol. The third-order valence-electron chi connectivity index (χ3n) is 1.19. The van der Waals surface area contributed by atoms with Crippen LogP contribution in [0.2, 0.25) is 5.02 Å². The lowest BCUT2D eigenvalue weighted by molar-refractivity contribution is 0.417. The van der Waals surface area contributed by atoms with E-state index in [1.807, 2.05) is 0 Å². The van der Waals surface area contributed by atoms with Gasteiger partial charge in [-0.3, -0.25) is 0 Å². The lowest BCUT2D eigenvalue weighted by Crippen LogP contribution is -1.90. The summed E-state index contributed by atoms with van der Waals surface area (Å²) < 4.78 is 4.92. The first-order valence-electron chi connectivity index (χ1n) is 2.83. The summed E-state index contributed by atoms with van der Waals surface area (Å²) in [6.07, 6.45) is 0. The highest BCUT2D eigenvalue weighted by molar-refractivity contribution is 6.30. The molecule has 1 rings (SSSR count). The summed E-state index contributed by atoms with van der Waals surface area (Å²) in [4.78, 5) is 0. The van der Waals surface area contributed by atoms with E-state index in [-0.39, 0.29) is 12.4 Å². The van der Waals surface area contributed by atoms with Gasteiger partial charge in [0.25, 0.3) is 0 Å². The van der Waals surface area contributed by atoms with Crippen molar-refractivity contribution in [2.45, 2.75) is 0 Å². The summed E-state index contributed by atoms with van der Waals surface area (Å²) in [6, 6.07) is 5.12. The Hall–Kier alpha value is -0.600. The quantitative estimate of drug-likeness (QED) is 0.696. The molecule has 0 amide bonds. The van der Waals surface area contributed by atoms with Crippen LogP contribution in [-0.4, -0.2) is 7.11 Å². The molecule has 0 unspecified atom stereocenters. The molecule has 1 aromatic carbocycles. The van der Waals surface area contributed by atoms with Gasteiger partial charge in [-0.1, -0.05) is 11.6 Å². The van der Waals surface area contributed by atoms with Crippen molar-refractivity contribution in [1.29, 1.82) is 0 Å². The van der Waals surface area contributed by atoms with Gasteiger partial charge in [-0.15, -0.1) is 12.4 Å². The number of halogens is 2. The molecule has 0 aromatic heterocycles. The van der Waals surface area contributed by atoms with Crippen molar-refractivity contribution in [1.82, 2.24) is 0 Å². The molecule has 0 aliphatic carbocycles. The van der Waals surface area contributed by atoms with E-state index in [1.165, 1.54) is 0 Å². The van der Waals surface area contributed by atoms with Gasteiger partial charge >= 0.3 is 0 Å². The van der Waals surface area contributed by atoms with Crippen LogP contribution in [0.15, 0.2) is 18.2 Å².